The summed E-state index contributed by atoms with van der Waals surface area (Å²) in [7, 11) is 0. The number of nitrogens with zero attached hydrogens (tertiary/aromatic N) is 2. The first-order chi connectivity index (χ1) is 9.24. The molecular formula is C14H15N3O2. The van der Waals surface area contributed by atoms with E-state index in [-0.39, 0.29) is 5.91 Å². The molecule has 0 unspecified atom stereocenters. The molecule has 2 heterocycles. The van der Waals surface area contributed by atoms with Crippen molar-refractivity contribution in [1.29, 1.82) is 0 Å². The monoisotopic (exact) mass is 257 g/mol. The number of nitrogens with two attached hydrogens (primary N) is 1. The maximum atomic E-state index is 11.2. The van der Waals surface area contributed by atoms with E-state index in [4.69, 9.17) is 10.3 Å². The van der Waals surface area contributed by atoms with Gasteiger partial charge in [0, 0.05) is 23.9 Å². The summed E-state index contributed by atoms with van der Waals surface area (Å²) < 4.78 is 4.86. The Balaban J connectivity index is 1.89. The lowest BCUT2D eigenvalue weighted by Gasteiger charge is -2.30. The maximum Gasteiger partial charge on any atom is 0.248 e. The molecular weight excluding hydrogens is 242 g/mol. The van der Waals surface area contributed by atoms with E-state index in [9.17, 15) is 4.79 Å². The smallest absolute Gasteiger partial charge is 0.248 e. The Kier molecular flexibility index (Phi) is 2.95. The van der Waals surface area contributed by atoms with Gasteiger partial charge in [-0.1, -0.05) is 5.16 Å². The number of anilines is 1. The Hall–Kier alpha value is -2.30. The molecule has 1 aromatic carbocycles. The van der Waals surface area contributed by atoms with Crippen LogP contribution in [0.1, 0.15) is 28.0 Å². The molecule has 0 fully saturated rings. The zero-order valence-electron chi connectivity index (χ0n) is 10.5. The van der Waals surface area contributed by atoms with Gasteiger partial charge in [-0.15, -0.1) is 0 Å². The van der Waals surface area contributed by atoms with E-state index in [1.807, 2.05) is 18.2 Å². The zero-order valence-corrected chi connectivity index (χ0v) is 10.5. The molecule has 0 aliphatic carbocycles. The van der Waals surface area contributed by atoms with Crippen molar-refractivity contribution in [3.05, 3.63) is 47.3 Å². The molecule has 2 N–H and O–H groups in total. The molecule has 1 aliphatic rings. The summed E-state index contributed by atoms with van der Waals surface area (Å²) in [5, 5.41) is 3.94. The number of carbonyl (C=O) groups is 1. The minimum absolute atomic E-state index is 0.378. The molecule has 1 amide bonds. The number of rotatable bonds is 3. The maximum absolute atomic E-state index is 11.2. The lowest BCUT2D eigenvalue weighted by molar-refractivity contribution is 0.1000. The van der Waals surface area contributed by atoms with Crippen molar-refractivity contribution in [2.45, 2.75) is 19.4 Å². The summed E-state index contributed by atoms with van der Waals surface area (Å²) in [6.07, 6.45) is 3.62. The topological polar surface area (TPSA) is 72.4 Å². The van der Waals surface area contributed by atoms with Crippen LogP contribution in [0.15, 0.2) is 35.1 Å². The van der Waals surface area contributed by atoms with Crippen LogP contribution in [0.25, 0.3) is 0 Å². The molecule has 2 aromatic rings. The predicted octanol–water partition coefficient (Wildman–Crippen LogP) is 1.73. The second-order valence-corrected chi connectivity index (χ2v) is 4.72. The van der Waals surface area contributed by atoms with E-state index in [0.29, 0.717) is 5.56 Å². The van der Waals surface area contributed by atoms with E-state index in [1.165, 1.54) is 5.56 Å². The van der Waals surface area contributed by atoms with Crippen molar-refractivity contribution < 1.29 is 9.32 Å². The van der Waals surface area contributed by atoms with E-state index >= 15 is 0 Å². The number of hydrogen-bond donors (Lipinski definition) is 1. The highest BCUT2D eigenvalue weighted by molar-refractivity contribution is 5.93. The number of primary amides is 1. The normalized spacial score (nSPS) is 14.2. The molecule has 1 aromatic heterocycles. The van der Waals surface area contributed by atoms with Gasteiger partial charge in [-0.3, -0.25) is 4.79 Å². The standard InChI is InChI=1S/C14H15N3O2/c15-14(18)11-3-4-13-10(8-11)2-1-6-17(13)9-12-5-7-19-16-12/h3-5,7-8H,1-2,6,9H2,(H2,15,18). The second kappa shape index (κ2) is 4.76. The summed E-state index contributed by atoms with van der Waals surface area (Å²) in [4.78, 5) is 13.5. The molecule has 0 atom stereocenters. The van der Waals surface area contributed by atoms with Crippen molar-refractivity contribution in [2.24, 2.45) is 5.73 Å². The Bertz CT molecular complexity index is 593. The van der Waals surface area contributed by atoms with Crippen LogP contribution in [-0.2, 0) is 13.0 Å². The van der Waals surface area contributed by atoms with Gasteiger partial charge >= 0.3 is 0 Å². The molecule has 0 spiro atoms. The zero-order chi connectivity index (χ0) is 13.2. The Morgan fingerprint density at radius 1 is 1.42 bits per heavy atom. The molecule has 19 heavy (non-hydrogen) atoms. The third-order valence-electron chi connectivity index (χ3n) is 3.42. The number of aromatic nitrogens is 1. The average Bonchev–Trinajstić information content (AvgIpc) is 2.91. The number of aryl methyl sites for hydroxylation is 1. The van der Waals surface area contributed by atoms with Gasteiger partial charge < -0.3 is 15.2 Å². The average molecular weight is 257 g/mol. The van der Waals surface area contributed by atoms with Gasteiger partial charge in [0.25, 0.3) is 0 Å². The van der Waals surface area contributed by atoms with Crippen molar-refractivity contribution in [1.82, 2.24) is 5.16 Å². The number of hydrogen-bond acceptors (Lipinski definition) is 4. The van der Waals surface area contributed by atoms with E-state index in [1.54, 1.807) is 12.3 Å². The summed E-state index contributed by atoms with van der Waals surface area (Å²) in [5.41, 5.74) is 9.12. The molecule has 0 saturated heterocycles. The predicted molar refractivity (Wildman–Crippen MR) is 70.8 cm³/mol. The molecule has 0 saturated carbocycles. The molecule has 98 valence electrons. The van der Waals surface area contributed by atoms with Crippen LogP contribution in [0.3, 0.4) is 0 Å². The van der Waals surface area contributed by atoms with Crippen molar-refractivity contribution in [3.63, 3.8) is 0 Å². The van der Waals surface area contributed by atoms with Crippen molar-refractivity contribution >= 4 is 11.6 Å². The second-order valence-electron chi connectivity index (χ2n) is 4.72. The summed E-state index contributed by atoms with van der Waals surface area (Å²) >= 11 is 0. The van der Waals surface area contributed by atoms with Crippen LogP contribution in [-0.4, -0.2) is 17.6 Å². The molecule has 5 heteroatoms. The van der Waals surface area contributed by atoms with Gasteiger partial charge in [-0.05, 0) is 36.6 Å². The Labute approximate surface area is 111 Å². The molecule has 1 aliphatic heterocycles. The summed E-state index contributed by atoms with van der Waals surface area (Å²) in [6.45, 7) is 1.70. The minimum Gasteiger partial charge on any atom is -0.366 e. The Morgan fingerprint density at radius 2 is 2.32 bits per heavy atom. The van der Waals surface area contributed by atoms with E-state index in [0.717, 1.165) is 37.3 Å². The van der Waals surface area contributed by atoms with Crippen LogP contribution in [0, 0.1) is 0 Å². The van der Waals surface area contributed by atoms with Crippen LogP contribution in [0.5, 0.6) is 0 Å². The fourth-order valence-electron chi connectivity index (χ4n) is 2.51. The van der Waals surface area contributed by atoms with Gasteiger partial charge in [0.15, 0.2) is 0 Å². The first-order valence-corrected chi connectivity index (χ1v) is 6.31. The first-order valence-electron chi connectivity index (χ1n) is 6.31. The summed E-state index contributed by atoms with van der Waals surface area (Å²) in [5.74, 6) is -0.378. The highest BCUT2D eigenvalue weighted by atomic mass is 16.5. The fraction of sp³-hybridized carbons (Fsp3) is 0.286. The first kappa shape index (κ1) is 11.8. The van der Waals surface area contributed by atoms with Crippen molar-refractivity contribution in [2.75, 3.05) is 11.4 Å². The highest BCUT2D eigenvalue weighted by Gasteiger charge is 2.18. The number of amides is 1. The van der Waals surface area contributed by atoms with Gasteiger partial charge in [-0.25, -0.2) is 0 Å². The number of carbonyl (C=O) groups excluding carboxylic acids is 1. The van der Waals surface area contributed by atoms with Crippen LogP contribution in [0.2, 0.25) is 0 Å². The van der Waals surface area contributed by atoms with Gasteiger partial charge in [0.05, 0.1) is 6.54 Å². The molecule has 3 rings (SSSR count). The minimum atomic E-state index is -0.378. The van der Waals surface area contributed by atoms with Crippen LogP contribution < -0.4 is 10.6 Å². The third kappa shape index (κ3) is 2.31. The van der Waals surface area contributed by atoms with E-state index < -0.39 is 0 Å². The lowest BCUT2D eigenvalue weighted by Crippen LogP contribution is -2.29. The molecule has 0 bridgehead atoms. The molecule has 5 nitrogen and oxygen atoms in total. The SMILES string of the molecule is NC(=O)c1ccc2c(c1)CCCN2Cc1ccon1. The lowest BCUT2D eigenvalue weighted by atomic mass is 9.99. The Morgan fingerprint density at radius 3 is 3.05 bits per heavy atom. The van der Waals surface area contributed by atoms with Gasteiger partial charge in [0.2, 0.25) is 5.91 Å². The van der Waals surface area contributed by atoms with Gasteiger partial charge in [0.1, 0.15) is 12.0 Å². The number of fused-ring (bicyclic) bond motifs is 1. The molecule has 0 radical (unpaired) electrons. The van der Waals surface area contributed by atoms with Crippen molar-refractivity contribution in [3.8, 4) is 0 Å². The van der Waals surface area contributed by atoms with Crippen LogP contribution >= 0.6 is 0 Å². The highest BCUT2D eigenvalue weighted by Crippen LogP contribution is 2.29. The summed E-state index contributed by atoms with van der Waals surface area (Å²) in [6, 6.07) is 7.51. The fourth-order valence-corrected chi connectivity index (χ4v) is 2.51. The quantitative estimate of drug-likeness (QED) is 0.908. The van der Waals surface area contributed by atoms with E-state index in [2.05, 4.69) is 10.1 Å². The number of benzene rings is 1. The van der Waals surface area contributed by atoms with Crippen LogP contribution in [0.4, 0.5) is 5.69 Å². The van der Waals surface area contributed by atoms with Gasteiger partial charge in [-0.2, -0.15) is 0 Å². The third-order valence-corrected chi connectivity index (χ3v) is 3.42. The largest absolute Gasteiger partial charge is 0.366 e.